The first kappa shape index (κ1) is 16.3. The topological polar surface area (TPSA) is 95.5 Å². The van der Waals surface area contributed by atoms with Gasteiger partial charge in [-0.05, 0) is 24.6 Å². The summed E-state index contributed by atoms with van der Waals surface area (Å²) in [6, 6.07) is 3.48. The maximum absolute atomic E-state index is 13.6. The Kier molecular flexibility index (Phi) is 5.02. The fourth-order valence-electron chi connectivity index (χ4n) is 1.97. The van der Waals surface area contributed by atoms with Gasteiger partial charge in [-0.2, -0.15) is 0 Å². The molecule has 0 aromatic heterocycles. The molecule has 1 aromatic rings. The van der Waals surface area contributed by atoms with Crippen molar-refractivity contribution in [3.05, 3.63) is 29.6 Å². The van der Waals surface area contributed by atoms with Crippen molar-refractivity contribution >= 4 is 35.2 Å². The van der Waals surface area contributed by atoms with Crippen LogP contribution < -0.4 is 10.6 Å². The summed E-state index contributed by atoms with van der Waals surface area (Å²) in [5.41, 5.74) is 0.789. The second-order valence-corrected chi connectivity index (χ2v) is 6.19. The van der Waals surface area contributed by atoms with Crippen molar-refractivity contribution in [2.24, 2.45) is 0 Å². The number of hydrogen-bond acceptors (Lipinski definition) is 4. The molecule has 2 atom stereocenters. The number of carbonyl (C=O) groups excluding carboxylic acids is 2. The normalized spacial score (nSPS) is 21.1. The lowest BCUT2D eigenvalue weighted by Crippen LogP contribution is -2.51. The molecule has 1 saturated heterocycles. The number of carbonyl (C=O) groups is 3. The molecule has 0 aliphatic carbocycles. The van der Waals surface area contributed by atoms with Crippen LogP contribution in [0.2, 0.25) is 0 Å². The highest BCUT2D eigenvalue weighted by molar-refractivity contribution is 8.00. The van der Waals surface area contributed by atoms with Gasteiger partial charge in [-0.1, -0.05) is 6.07 Å². The van der Waals surface area contributed by atoms with Gasteiger partial charge < -0.3 is 15.7 Å². The highest BCUT2D eigenvalue weighted by atomic mass is 32.2. The quantitative estimate of drug-likeness (QED) is 0.771. The van der Waals surface area contributed by atoms with E-state index in [0.717, 1.165) is 17.3 Å². The monoisotopic (exact) mass is 326 g/mol. The standard InChI is InChI=1S/C14H15FN2O4S/c1-7-2-3-9(8(15)4-7)16-12(18)5-11-13(19)17-10(6-22-11)14(20)21/h2-4,10-11H,5-6H2,1H3,(H,16,18)(H,17,19)(H,20,21). The van der Waals surface area contributed by atoms with Gasteiger partial charge in [0.2, 0.25) is 11.8 Å². The molecular weight excluding hydrogens is 311 g/mol. The molecule has 0 spiro atoms. The van der Waals surface area contributed by atoms with Crippen LogP contribution in [0.25, 0.3) is 0 Å². The smallest absolute Gasteiger partial charge is 0.327 e. The maximum atomic E-state index is 13.6. The predicted molar refractivity (Wildman–Crippen MR) is 80.2 cm³/mol. The van der Waals surface area contributed by atoms with Crippen molar-refractivity contribution in [2.45, 2.75) is 24.6 Å². The van der Waals surface area contributed by atoms with Crippen molar-refractivity contribution in [1.82, 2.24) is 5.32 Å². The largest absolute Gasteiger partial charge is 0.480 e. The Hall–Kier alpha value is -2.09. The molecule has 6 nitrogen and oxygen atoms in total. The van der Waals surface area contributed by atoms with Gasteiger partial charge in [-0.3, -0.25) is 9.59 Å². The van der Waals surface area contributed by atoms with Gasteiger partial charge in [0.1, 0.15) is 11.9 Å². The minimum absolute atomic E-state index is 0.0558. The van der Waals surface area contributed by atoms with Crippen molar-refractivity contribution in [3.8, 4) is 0 Å². The molecule has 2 amide bonds. The number of amides is 2. The van der Waals surface area contributed by atoms with Crippen molar-refractivity contribution in [2.75, 3.05) is 11.1 Å². The molecule has 1 aliphatic rings. The van der Waals surface area contributed by atoms with E-state index < -0.39 is 34.9 Å². The number of benzene rings is 1. The third-order valence-electron chi connectivity index (χ3n) is 3.14. The number of aryl methyl sites for hydroxylation is 1. The van der Waals surface area contributed by atoms with Crippen LogP contribution in [0.1, 0.15) is 12.0 Å². The van der Waals surface area contributed by atoms with E-state index in [1.807, 2.05) is 0 Å². The van der Waals surface area contributed by atoms with E-state index in [-0.39, 0.29) is 17.9 Å². The Morgan fingerprint density at radius 3 is 2.82 bits per heavy atom. The molecule has 22 heavy (non-hydrogen) atoms. The predicted octanol–water partition coefficient (Wildman–Crippen LogP) is 1.15. The minimum atomic E-state index is -1.11. The summed E-state index contributed by atoms with van der Waals surface area (Å²) in [5.74, 6) is -2.45. The number of rotatable bonds is 4. The minimum Gasteiger partial charge on any atom is -0.480 e. The number of hydrogen-bond donors (Lipinski definition) is 3. The van der Waals surface area contributed by atoms with Crippen LogP contribution in [-0.4, -0.2) is 39.9 Å². The Morgan fingerprint density at radius 1 is 1.50 bits per heavy atom. The van der Waals surface area contributed by atoms with E-state index >= 15 is 0 Å². The first-order valence-corrected chi connectivity index (χ1v) is 7.62. The highest BCUT2D eigenvalue weighted by Crippen LogP contribution is 2.22. The summed E-state index contributed by atoms with van der Waals surface area (Å²) < 4.78 is 13.6. The summed E-state index contributed by atoms with van der Waals surface area (Å²) in [7, 11) is 0. The van der Waals surface area contributed by atoms with Crippen molar-refractivity contribution in [3.63, 3.8) is 0 Å². The van der Waals surface area contributed by atoms with E-state index in [2.05, 4.69) is 10.6 Å². The number of halogens is 1. The number of nitrogens with one attached hydrogen (secondary N) is 2. The SMILES string of the molecule is Cc1ccc(NC(=O)CC2SCC(C(=O)O)NC2=O)c(F)c1. The van der Waals surface area contributed by atoms with E-state index in [1.54, 1.807) is 13.0 Å². The van der Waals surface area contributed by atoms with E-state index in [1.165, 1.54) is 12.1 Å². The molecule has 3 N–H and O–H groups in total. The highest BCUT2D eigenvalue weighted by Gasteiger charge is 2.33. The number of carboxylic acid groups (broad SMARTS) is 1. The number of aliphatic carboxylic acids is 1. The maximum Gasteiger partial charge on any atom is 0.327 e. The van der Waals surface area contributed by atoms with Crippen LogP contribution >= 0.6 is 11.8 Å². The van der Waals surface area contributed by atoms with Gasteiger partial charge in [-0.15, -0.1) is 11.8 Å². The van der Waals surface area contributed by atoms with Crippen LogP contribution in [0.5, 0.6) is 0 Å². The van der Waals surface area contributed by atoms with Gasteiger partial charge in [0, 0.05) is 12.2 Å². The van der Waals surface area contributed by atoms with Crippen LogP contribution in [-0.2, 0) is 14.4 Å². The zero-order chi connectivity index (χ0) is 16.3. The molecule has 0 radical (unpaired) electrons. The van der Waals surface area contributed by atoms with Crippen LogP contribution in [0.4, 0.5) is 10.1 Å². The lowest BCUT2D eigenvalue weighted by Gasteiger charge is -2.25. The zero-order valence-corrected chi connectivity index (χ0v) is 12.6. The number of thioether (sulfide) groups is 1. The molecule has 118 valence electrons. The number of carboxylic acids is 1. The average Bonchev–Trinajstić information content (AvgIpc) is 2.44. The van der Waals surface area contributed by atoms with Gasteiger partial charge in [0.25, 0.3) is 0 Å². The molecule has 1 fully saturated rings. The summed E-state index contributed by atoms with van der Waals surface area (Å²) in [6.45, 7) is 1.73. The van der Waals surface area contributed by atoms with Gasteiger partial charge in [0.15, 0.2) is 0 Å². The molecular formula is C14H15FN2O4S. The Labute approximate surface area is 130 Å². The second-order valence-electron chi connectivity index (χ2n) is 4.96. The third-order valence-corrected chi connectivity index (χ3v) is 4.45. The molecule has 8 heteroatoms. The van der Waals surface area contributed by atoms with Crippen LogP contribution in [0.3, 0.4) is 0 Å². The number of anilines is 1. The lowest BCUT2D eigenvalue weighted by molar-refractivity contribution is -0.141. The van der Waals surface area contributed by atoms with Crippen LogP contribution in [0.15, 0.2) is 18.2 Å². The Bertz CT molecular complexity index is 623. The third kappa shape index (κ3) is 3.97. The first-order chi connectivity index (χ1) is 10.4. The molecule has 2 rings (SSSR count). The molecule has 1 heterocycles. The fourth-order valence-corrected chi connectivity index (χ4v) is 3.11. The van der Waals surface area contributed by atoms with E-state index in [0.29, 0.717) is 0 Å². The van der Waals surface area contributed by atoms with Gasteiger partial charge in [0.05, 0.1) is 10.9 Å². The molecule has 2 unspecified atom stereocenters. The average molecular weight is 326 g/mol. The van der Waals surface area contributed by atoms with Gasteiger partial charge in [-0.25, -0.2) is 9.18 Å². The Balaban J connectivity index is 1.92. The van der Waals surface area contributed by atoms with Gasteiger partial charge >= 0.3 is 5.97 Å². The second kappa shape index (κ2) is 6.78. The fraction of sp³-hybridized carbons (Fsp3) is 0.357. The van der Waals surface area contributed by atoms with Crippen molar-refractivity contribution < 1.29 is 23.9 Å². The molecule has 0 saturated carbocycles. The van der Waals surface area contributed by atoms with E-state index in [4.69, 9.17) is 5.11 Å². The molecule has 0 bridgehead atoms. The van der Waals surface area contributed by atoms with Crippen LogP contribution in [0, 0.1) is 12.7 Å². The molecule has 1 aliphatic heterocycles. The lowest BCUT2D eigenvalue weighted by atomic mass is 10.2. The summed E-state index contributed by atoms with van der Waals surface area (Å²) in [6.07, 6.45) is -0.143. The Morgan fingerprint density at radius 2 is 2.23 bits per heavy atom. The summed E-state index contributed by atoms with van der Waals surface area (Å²) in [5, 5.41) is 12.9. The van der Waals surface area contributed by atoms with Crippen molar-refractivity contribution in [1.29, 1.82) is 0 Å². The summed E-state index contributed by atoms with van der Waals surface area (Å²) >= 11 is 1.11. The zero-order valence-electron chi connectivity index (χ0n) is 11.8. The van der Waals surface area contributed by atoms with E-state index in [9.17, 15) is 18.8 Å². The molecule has 1 aromatic carbocycles. The summed E-state index contributed by atoms with van der Waals surface area (Å²) in [4.78, 5) is 34.4. The first-order valence-electron chi connectivity index (χ1n) is 6.57.